The summed E-state index contributed by atoms with van der Waals surface area (Å²) in [5, 5.41) is 9.61. The molecule has 0 bridgehead atoms. The first kappa shape index (κ1) is 10.4. The van der Waals surface area contributed by atoms with Gasteiger partial charge in [0.25, 0.3) is 0 Å². The third-order valence-electron chi connectivity index (χ3n) is 3.31. The molecule has 0 aliphatic carbocycles. The van der Waals surface area contributed by atoms with Crippen LogP contribution in [0.5, 0.6) is 0 Å². The first-order chi connectivity index (χ1) is 6.59. The van der Waals surface area contributed by atoms with Crippen LogP contribution in [0.1, 0.15) is 20.8 Å². The predicted octanol–water partition coefficient (Wildman–Crippen LogP) is 0.329. The van der Waals surface area contributed by atoms with Gasteiger partial charge < -0.3 is 19.3 Å². The lowest BCUT2D eigenvalue weighted by molar-refractivity contribution is -0.126. The second-order valence-electron chi connectivity index (χ2n) is 4.18. The Kier molecular flexibility index (Phi) is 2.55. The Bertz CT molecular complexity index is 220. The number of rotatable bonds is 2. The monoisotopic (exact) mass is 202 g/mol. The maximum absolute atomic E-state index is 9.61. The Hall–Kier alpha value is -0.160. The van der Waals surface area contributed by atoms with Crippen molar-refractivity contribution in [2.75, 3.05) is 13.2 Å². The van der Waals surface area contributed by atoms with E-state index in [4.69, 9.17) is 14.2 Å². The van der Waals surface area contributed by atoms with E-state index in [1.165, 1.54) is 0 Å². The number of hydrogen-bond acceptors (Lipinski definition) is 4. The van der Waals surface area contributed by atoms with Crippen molar-refractivity contribution in [1.82, 2.24) is 0 Å². The zero-order valence-electron chi connectivity index (χ0n) is 8.90. The molecule has 1 unspecified atom stereocenters. The van der Waals surface area contributed by atoms with Crippen molar-refractivity contribution in [2.24, 2.45) is 0 Å². The smallest absolute Gasteiger partial charge is 0.120 e. The van der Waals surface area contributed by atoms with Crippen molar-refractivity contribution < 1.29 is 19.3 Å². The van der Waals surface area contributed by atoms with Crippen molar-refractivity contribution in [3.05, 3.63) is 0 Å². The van der Waals surface area contributed by atoms with E-state index in [0.717, 1.165) is 0 Å². The quantitative estimate of drug-likeness (QED) is 0.701. The number of fused-ring (bicyclic) bond motifs is 1. The fourth-order valence-corrected chi connectivity index (χ4v) is 2.36. The van der Waals surface area contributed by atoms with Gasteiger partial charge in [-0.25, -0.2) is 0 Å². The molecule has 14 heavy (non-hydrogen) atoms. The topological polar surface area (TPSA) is 47.9 Å². The van der Waals surface area contributed by atoms with Gasteiger partial charge in [0.2, 0.25) is 0 Å². The molecule has 0 amide bonds. The Labute approximate surface area is 84.1 Å². The van der Waals surface area contributed by atoms with Gasteiger partial charge in [0.15, 0.2) is 0 Å². The largest absolute Gasteiger partial charge is 0.388 e. The maximum atomic E-state index is 9.61. The maximum Gasteiger partial charge on any atom is 0.120 e. The minimum atomic E-state index is -0.510. The van der Waals surface area contributed by atoms with Crippen molar-refractivity contribution in [1.29, 1.82) is 0 Å². The first-order valence-corrected chi connectivity index (χ1v) is 5.18. The predicted molar refractivity (Wildman–Crippen MR) is 50.1 cm³/mol. The number of aliphatic hydroxyl groups is 1. The van der Waals surface area contributed by atoms with Crippen LogP contribution < -0.4 is 0 Å². The fraction of sp³-hybridized carbons (Fsp3) is 1.00. The van der Waals surface area contributed by atoms with Crippen LogP contribution in [0, 0.1) is 0 Å². The van der Waals surface area contributed by atoms with Gasteiger partial charge in [0.1, 0.15) is 23.9 Å². The summed E-state index contributed by atoms with van der Waals surface area (Å²) >= 11 is 0. The van der Waals surface area contributed by atoms with Gasteiger partial charge in [-0.05, 0) is 20.8 Å². The number of ether oxygens (including phenoxy) is 3. The molecule has 1 N–H and O–H groups in total. The van der Waals surface area contributed by atoms with E-state index >= 15 is 0 Å². The average Bonchev–Trinajstić information content (AvgIpc) is 2.58. The standard InChI is InChI=1S/C10H18O4/c1-4-13-10(3)6(2)14-8-7(11)5-12-9(8)10/h6-9,11H,4-5H2,1-3H3/t6?,7-,8-,9+,10+/m1/s1. The molecule has 0 spiro atoms. The van der Waals surface area contributed by atoms with Gasteiger partial charge in [-0.1, -0.05) is 0 Å². The zero-order valence-corrected chi connectivity index (χ0v) is 8.90. The van der Waals surface area contributed by atoms with Gasteiger partial charge in [-0.2, -0.15) is 0 Å². The molecule has 2 heterocycles. The highest BCUT2D eigenvalue weighted by Gasteiger charge is 2.58. The second kappa shape index (κ2) is 3.45. The summed E-state index contributed by atoms with van der Waals surface area (Å²) in [6.07, 6.45) is -0.897. The zero-order chi connectivity index (χ0) is 10.3. The van der Waals surface area contributed by atoms with Crippen LogP contribution in [-0.2, 0) is 14.2 Å². The molecular weight excluding hydrogens is 184 g/mol. The summed E-state index contributed by atoms with van der Waals surface area (Å²) < 4.78 is 16.9. The third-order valence-corrected chi connectivity index (χ3v) is 3.31. The first-order valence-electron chi connectivity index (χ1n) is 5.18. The van der Waals surface area contributed by atoms with Gasteiger partial charge in [0, 0.05) is 6.61 Å². The minimum absolute atomic E-state index is 0.0348. The van der Waals surface area contributed by atoms with E-state index in [1.807, 2.05) is 20.8 Å². The van der Waals surface area contributed by atoms with Gasteiger partial charge in [-0.3, -0.25) is 0 Å². The van der Waals surface area contributed by atoms with Crippen molar-refractivity contribution in [3.63, 3.8) is 0 Å². The normalized spacial score (nSPS) is 52.3. The highest BCUT2D eigenvalue weighted by atomic mass is 16.6. The number of aliphatic hydroxyl groups excluding tert-OH is 1. The summed E-state index contributed by atoms with van der Waals surface area (Å²) in [7, 11) is 0. The van der Waals surface area contributed by atoms with Crippen molar-refractivity contribution in [3.8, 4) is 0 Å². The summed E-state index contributed by atoms with van der Waals surface area (Å²) in [5.41, 5.74) is -0.420. The van der Waals surface area contributed by atoms with Gasteiger partial charge in [0.05, 0.1) is 12.7 Å². The third kappa shape index (κ3) is 1.29. The Morgan fingerprint density at radius 1 is 1.57 bits per heavy atom. The van der Waals surface area contributed by atoms with Gasteiger partial charge in [-0.15, -0.1) is 0 Å². The van der Waals surface area contributed by atoms with Crippen LogP contribution >= 0.6 is 0 Å². The Balaban J connectivity index is 2.17. The molecule has 2 fully saturated rings. The van der Waals surface area contributed by atoms with E-state index in [9.17, 15) is 5.11 Å². The lowest BCUT2D eigenvalue weighted by Crippen LogP contribution is -2.46. The molecule has 2 aliphatic heterocycles. The second-order valence-corrected chi connectivity index (χ2v) is 4.18. The molecule has 0 aromatic rings. The molecule has 2 rings (SSSR count). The number of hydrogen-bond donors (Lipinski definition) is 1. The van der Waals surface area contributed by atoms with Crippen LogP contribution in [0.15, 0.2) is 0 Å². The van der Waals surface area contributed by atoms with Crippen molar-refractivity contribution >= 4 is 0 Å². The molecule has 0 aromatic carbocycles. The molecule has 2 aliphatic rings. The minimum Gasteiger partial charge on any atom is -0.388 e. The highest BCUT2D eigenvalue weighted by Crippen LogP contribution is 2.40. The molecule has 0 saturated carbocycles. The van der Waals surface area contributed by atoms with Gasteiger partial charge >= 0.3 is 0 Å². The Morgan fingerprint density at radius 2 is 2.29 bits per heavy atom. The summed E-state index contributed by atoms with van der Waals surface area (Å²) in [6.45, 7) is 6.89. The molecule has 2 saturated heterocycles. The Morgan fingerprint density at radius 3 is 2.93 bits per heavy atom. The molecular formula is C10H18O4. The van der Waals surface area contributed by atoms with Crippen molar-refractivity contribution in [2.45, 2.75) is 50.8 Å². The molecule has 82 valence electrons. The van der Waals surface area contributed by atoms with Crippen LogP contribution in [-0.4, -0.2) is 48.3 Å². The van der Waals surface area contributed by atoms with Crippen LogP contribution in [0.3, 0.4) is 0 Å². The lowest BCUT2D eigenvalue weighted by Gasteiger charge is -2.31. The summed E-state index contributed by atoms with van der Waals surface area (Å²) in [6, 6.07) is 0. The highest BCUT2D eigenvalue weighted by molar-refractivity contribution is 5.06. The molecule has 0 radical (unpaired) electrons. The van der Waals surface area contributed by atoms with E-state index < -0.39 is 11.7 Å². The average molecular weight is 202 g/mol. The van der Waals surface area contributed by atoms with Crippen LogP contribution in [0.2, 0.25) is 0 Å². The summed E-state index contributed by atoms with van der Waals surface area (Å²) in [5.74, 6) is 0. The summed E-state index contributed by atoms with van der Waals surface area (Å²) in [4.78, 5) is 0. The SMILES string of the molecule is CCO[C@@]1(C)C(C)O[C@@H]2[C@H](O)CO[C@@H]21. The molecule has 4 nitrogen and oxygen atoms in total. The van der Waals surface area contributed by atoms with E-state index in [1.54, 1.807) is 0 Å². The van der Waals surface area contributed by atoms with E-state index in [-0.39, 0.29) is 18.3 Å². The van der Waals surface area contributed by atoms with E-state index in [0.29, 0.717) is 13.2 Å². The molecule has 0 aromatic heterocycles. The van der Waals surface area contributed by atoms with Crippen LogP contribution in [0.25, 0.3) is 0 Å². The lowest BCUT2D eigenvalue weighted by atomic mass is 9.93. The molecule has 4 heteroatoms. The van der Waals surface area contributed by atoms with E-state index in [2.05, 4.69) is 0 Å². The molecule has 5 atom stereocenters. The fourth-order valence-electron chi connectivity index (χ4n) is 2.36. The van der Waals surface area contributed by atoms with Crippen LogP contribution in [0.4, 0.5) is 0 Å².